The molecule has 1 aliphatic rings. The first-order chi connectivity index (χ1) is 9.28. The normalized spacial score (nSPS) is 17.4. The van der Waals surface area contributed by atoms with Crippen LogP contribution in [0, 0.1) is 0 Å². The second-order valence-electron chi connectivity index (χ2n) is 5.00. The fourth-order valence-corrected chi connectivity index (χ4v) is 2.40. The molecule has 0 spiro atoms. The summed E-state index contributed by atoms with van der Waals surface area (Å²) in [6, 6.07) is 7.85. The van der Waals surface area contributed by atoms with Gasteiger partial charge in [-0.05, 0) is 57.1 Å². The van der Waals surface area contributed by atoms with Crippen molar-refractivity contribution in [3.8, 4) is 5.75 Å². The lowest BCUT2D eigenvalue weighted by molar-refractivity contribution is 0.135. The molecule has 0 aromatic heterocycles. The number of hydrogen-bond donors (Lipinski definition) is 2. The zero-order valence-corrected chi connectivity index (χ0v) is 11.6. The van der Waals surface area contributed by atoms with Crippen molar-refractivity contribution in [2.24, 2.45) is 0 Å². The maximum Gasteiger partial charge on any atom is 0.119 e. The molecule has 4 heteroatoms. The number of benzene rings is 1. The predicted octanol–water partition coefficient (Wildman–Crippen LogP) is 1.95. The third-order valence-corrected chi connectivity index (χ3v) is 3.37. The molecule has 1 saturated heterocycles. The summed E-state index contributed by atoms with van der Waals surface area (Å²) in [7, 11) is 0. The van der Waals surface area contributed by atoms with Gasteiger partial charge in [0, 0.05) is 18.8 Å². The van der Waals surface area contributed by atoms with Gasteiger partial charge in [-0.3, -0.25) is 0 Å². The van der Waals surface area contributed by atoms with Crippen LogP contribution >= 0.6 is 0 Å². The molecular formula is C15H24N2O2. The predicted molar refractivity (Wildman–Crippen MR) is 77.8 cm³/mol. The van der Waals surface area contributed by atoms with E-state index in [0.29, 0.717) is 13.2 Å². The lowest BCUT2D eigenvalue weighted by Gasteiger charge is -2.20. The monoisotopic (exact) mass is 264 g/mol. The third-order valence-electron chi connectivity index (χ3n) is 3.37. The van der Waals surface area contributed by atoms with E-state index in [1.165, 1.54) is 12.8 Å². The SMILES string of the molecule is CCOc1ccc(NCC(O)CN2CCCC2)cc1. The number of aliphatic hydroxyl groups is 1. The first kappa shape index (κ1) is 14.2. The minimum atomic E-state index is -0.315. The van der Waals surface area contributed by atoms with Gasteiger partial charge in [0.05, 0.1) is 12.7 Å². The Kier molecular flexibility index (Phi) is 5.48. The van der Waals surface area contributed by atoms with Gasteiger partial charge in [0.2, 0.25) is 0 Å². The molecule has 4 nitrogen and oxygen atoms in total. The van der Waals surface area contributed by atoms with E-state index in [1.54, 1.807) is 0 Å². The highest BCUT2D eigenvalue weighted by molar-refractivity contribution is 5.46. The van der Waals surface area contributed by atoms with E-state index in [4.69, 9.17) is 4.74 Å². The molecule has 0 bridgehead atoms. The number of hydrogen-bond acceptors (Lipinski definition) is 4. The molecule has 1 unspecified atom stereocenters. The van der Waals surface area contributed by atoms with Crippen LogP contribution < -0.4 is 10.1 Å². The number of likely N-dealkylation sites (tertiary alicyclic amines) is 1. The molecule has 2 rings (SSSR count). The smallest absolute Gasteiger partial charge is 0.119 e. The lowest BCUT2D eigenvalue weighted by Crippen LogP contribution is -2.34. The first-order valence-corrected chi connectivity index (χ1v) is 7.15. The summed E-state index contributed by atoms with van der Waals surface area (Å²) >= 11 is 0. The third kappa shape index (κ3) is 4.73. The highest BCUT2D eigenvalue weighted by Crippen LogP contribution is 2.15. The minimum Gasteiger partial charge on any atom is -0.494 e. The van der Waals surface area contributed by atoms with Crippen LogP contribution in [0.4, 0.5) is 5.69 Å². The van der Waals surface area contributed by atoms with Crippen LogP contribution in [0.1, 0.15) is 19.8 Å². The van der Waals surface area contributed by atoms with Crippen molar-refractivity contribution in [3.05, 3.63) is 24.3 Å². The van der Waals surface area contributed by atoms with Crippen molar-refractivity contribution in [1.82, 2.24) is 4.90 Å². The quantitative estimate of drug-likeness (QED) is 0.790. The zero-order valence-electron chi connectivity index (χ0n) is 11.6. The number of aliphatic hydroxyl groups excluding tert-OH is 1. The minimum absolute atomic E-state index is 0.315. The average Bonchev–Trinajstić information content (AvgIpc) is 2.91. The summed E-state index contributed by atoms with van der Waals surface area (Å²) < 4.78 is 5.39. The van der Waals surface area contributed by atoms with Crippen LogP contribution in [0.25, 0.3) is 0 Å². The Hall–Kier alpha value is -1.26. The standard InChI is InChI=1S/C15H24N2O2/c1-2-19-15-7-5-13(6-8-15)16-11-14(18)12-17-9-3-4-10-17/h5-8,14,16,18H,2-4,9-12H2,1H3. The largest absolute Gasteiger partial charge is 0.494 e. The van der Waals surface area contributed by atoms with Gasteiger partial charge in [0.25, 0.3) is 0 Å². The number of nitrogens with zero attached hydrogens (tertiary/aromatic N) is 1. The van der Waals surface area contributed by atoms with Gasteiger partial charge in [-0.15, -0.1) is 0 Å². The maximum absolute atomic E-state index is 9.98. The van der Waals surface area contributed by atoms with E-state index >= 15 is 0 Å². The van der Waals surface area contributed by atoms with E-state index in [0.717, 1.165) is 31.1 Å². The van der Waals surface area contributed by atoms with Crippen molar-refractivity contribution < 1.29 is 9.84 Å². The molecule has 0 saturated carbocycles. The van der Waals surface area contributed by atoms with Crippen molar-refractivity contribution in [2.75, 3.05) is 38.1 Å². The van der Waals surface area contributed by atoms with Crippen LogP contribution in [-0.4, -0.2) is 48.9 Å². The Morgan fingerprint density at radius 2 is 1.95 bits per heavy atom. The van der Waals surface area contributed by atoms with Crippen LogP contribution in [0.3, 0.4) is 0 Å². The number of β-amino-alcohol motifs (C(OH)–C–C–N with tert-alkyl or cyclic N) is 1. The van der Waals surface area contributed by atoms with E-state index in [1.807, 2.05) is 31.2 Å². The molecule has 0 aliphatic carbocycles. The first-order valence-electron chi connectivity index (χ1n) is 7.15. The molecule has 1 heterocycles. The molecule has 1 atom stereocenters. The Morgan fingerprint density at radius 3 is 2.58 bits per heavy atom. The molecule has 0 amide bonds. The van der Waals surface area contributed by atoms with Gasteiger partial charge < -0.3 is 20.1 Å². The van der Waals surface area contributed by atoms with E-state index in [2.05, 4.69) is 10.2 Å². The second-order valence-corrected chi connectivity index (χ2v) is 5.00. The molecule has 1 fully saturated rings. The molecule has 1 aliphatic heterocycles. The van der Waals surface area contributed by atoms with Crippen molar-refractivity contribution >= 4 is 5.69 Å². The van der Waals surface area contributed by atoms with Gasteiger partial charge in [-0.2, -0.15) is 0 Å². The van der Waals surface area contributed by atoms with Gasteiger partial charge in [-0.1, -0.05) is 0 Å². The molecule has 19 heavy (non-hydrogen) atoms. The fraction of sp³-hybridized carbons (Fsp3) is 0.600. The van der Waals surface area contributed by atoms with Gasteiger partial charge in [0.1, 0.15) is 5.75 Å². The average molecular weight is 264 g/mol. The number of nitrogens with one attached hydrogen (secondary N) is 1. The topological polar surface area (TPSA) is 44.7 Å². The summed E-state index contributed by atoms with van der Waals surface area (Å²) in [4.78, 5) is 2.32. The van der Waals surface area contributed by atoms with Gasteiger partial charge in [-0.25, -0.2) is 0 Å². The van der Waals surface area contributed by atoms with Crippen molar-refractivity contribution in [1.29, 1.82) is 0 Å². The Bertz CT molecular complexity index is 361. The molecule has 0 radical (unpaired) electrons. The summed E-state index contributed by atoms with van der Waals surface area (Å²) in [5, 5.41) is 13.2. The summed E-state index contributed by atoms with van der Waals surface area (Å²) in [5.41, 5.74) is 1.02. The molecule has 1 aromatic rings. The molecule has 1 aromatic carbocycles. The Labute approximate surface area is 115 Å². The Morgan fingerprint density at radius 1 is 1.26 bits per heavy atom. The van der Waals surface area contributed by atoms with E-state index in [9.17, 15) is 5.11 Å². The molecular weight excluding hydrogens is 240 g/mol. The van der Waals surface area contributed by atoms with E-state index < -0.39 is 0 Å². The maximum atomic E-state index is 9.98. The van der Waals surface area contributed by atoms with Crippen LogP contribution in [0.15, 0.2) is 24.3 Å². The summed E-state index contributed by atoms with van der Waals surface area (Å²) in [6.45, 7) is 6.26. The van der Waals surface area contributed by atoms with Crippen LogP contribution in [-0.2, 0) is 0 Å². The lowest BCUT2D eigenvalue weighted by atomic mass is 10.2. The second kappa shape index (κ2) is 7.36. The fourth-order valence-electron chi connectivity index (χ4n) is 2.40. The highest BCUT2D eigenvalue weighted by Gasteiger charge is 2.15. The van der Waals surface area contributed by atoms with Crippen LogP contribution in [0.2, 0.25) is 0 Å². The van der Waals surface area contributed by atoms with Gasteiger partial charge >= 0.3 is 0 Å². The highest BCUT2D eigenvalue weighted by atomic mass is 16.5. The van der Waals surface area contributed by atoms with Gasteiger partial charge in [0.15, 0.2) is 0 Å². The van der Waals surface area contributed by atoms with Crippen molar-refractivity contribution in [2.45, 2.75) is 25.9 Å². The molecule has 106 valence electrons. The van der Waals surface area contributed by atoms with Crippen LogP contribution in [0.5, 0.6) is 5.75 Å². The Balaban J connectivity index is 1.71. The number of rotatable bonds is 7. The number of ether oxygens (including phenoxy) is 1. The summed E-state index contributed by atoms with van der Waals surface area (Å²) in [6.07, 6.45) is 2.21. The van der Waals surface area contributed by atoms with Crippen molar-refractivity contribution in [3.63, 3.8) is 0 Å². The zero-order chi connectivity index (χ0) is 13.5. The number of anilines is 1. The molecule has 2 N–H and O–H groups in total. The van der Waals surface area contributed by atoms with E-state index in [-0.39, 0.29) is 6.10 Å². The summed E-state index contributed by atoms with van der Waals surface area (Å²) in [5.74, 6) is 0.880.